The van der Waals surface area contributed by atoms with Crippen LogP contribution < -0.4 is 5.32 Å². The summed E-state index contributed by atoms with van der Waals surface area (Å²) in [6.07, 6.45) is 1.15. The monoisotopic (exact) mass is 520 g/mol. The highest BCUT2D eigenvalue weighted by molar-refractivity contribution is 14.0. The molecule has 1 aliphatic rings. The first-order valence-electron chi connectivity index (χ1n) is 10.5. The molecule has 1 amide bonds. The topological polar surface area (TPSA) is 47.9 Å². The second kappa shape index (κ2) is 11.9. The second-order valence-corrected chi connectivity index (χ2v) is 7.42. The van der Waals surface area contributed by atoms with Crippen molar-refractivity contribution in [1.82, 2.24) is 15.1 Å². The van der Waals surface area contributed by atoms with Gasteiger partial charge in [0, 0.05) is 51.3 Å². The van der Waals surface area contributed by atoms with Crippen molar-refractivity contribution in [3.05, 3.63) is 71.3 Å². The Labute approximate surface area is 197 Å². The molecule has 1 heterocycles. The minimum Gasteiger partial charge on any atom is -0.352 e. The molecular formula is C24H33IN4O. The fourth-order valence-corrected chi connectivity index (χ4v) is 3.92. The number of halogens is 1. The highest BCUT2D eigenvalue weighted by atomic mass is 127. The fourth-order valence-electron chi connectivity index (χ4n) is 3.92. The Morgan fingerprint density at radius 3 is 2.37 bits per heavy atom. The SMILES string of the molecule is CCN(CC)C(=O)c1ccc(CNC(=NC)N2CCC(c3ccccc3)C2)cc1.I. The van der Waals surface area contributed by atoms with Crippen molar-refractivity contribution >= 4 is 35.8 Å². The van der Waals surface area contributed by atoms with Gasteiger partial charge < -0.3 is 15.1 Å². The first-order chi connectivity index (χ1) is 14.2. The van der Waals surface area contributed by atoms with E-state index < -0.39 is 0 Å². The number of likely N-dealkylation sites (tertiary alicyclic amines) is 1. The molecule has 0 spiro atoms. The van der Waals surface area contributed by atoms with Crippen molar-refractivity contribution in [2.75, 3.05) is 33.2 Å². The van der Waals surface area contributed by atoms with Gasteiger partial charge in [0.2, 0.25) is 0 Å². The number of hydrogen-bond acceptors (Lipinski definition) is 2. The maximum atomic E-state index is 12.4. The molecule has 0 radical (unpaired) electrons. The zero-order valence-corrected chi connectivity index (χ0v) is 20.5. The van der Waals surface area contributed by atoms with Gasteiger partial charge in [0.05, 0.1) is 0 Å². The van der Waals surface area contributed by atoms with Crippen molar-refractivity contribution < 1.29 is 4.79 Å². The summed E-state index contributed by atoms with van der Waals surface area (Å²) < 4.78 is 0. The van der Waals surface area contributed by atoms with E-state index in [-0.39, 0.29) is 29.9 Å². The largest absolute Gasteiger partial charge is 0.352 e. The summed E-state index contributed by atoms with van der Waals surface area (Å²) in [5.74, 6) is 1.58. The molecule has 30 heavy (non-hydrogen) atoms. The molecule has 0 aliphatic carbocycles. The van der Waals surface area contributed by atoms with Gasteiger partial charge in [-0.15, -0.1) is 24.0 Å². The van der Waals surface area contributed by atoms with E-state index in [1.165, 1.54) is 5.56 Å². The summed E-state index contributed by atoms with van der Waals surface area (Å²) >= 11 is 0. The maximum Gasteiger partial charge on any atom is 0.253 e. The number of hydrogen-bond donors (Lipinski definition) is 1. The number of rotatable bonds is 6. The molecule has 1 atom stereocenters. The number of carbonyl (C=O) groups excluding carboxylic acids is 1. The fraction of sp³-hybridized carbons (Fsp3) is 0.417. The number of amides is 1. The Morgan fingerprint density at radius 1 is 1.10 bits per heavy atom. The van der Waals surface area contributed by atoms with Crippen LogP contribution in [-0.2, 0) is 6.54 Å². The van der Waals surface area contributed by atoms with Crippen molar-refractivity contribution in [2.45, 2.75) is 32.7 Å². The van der Waals surface area contributed by atoms with Gasteiger partial charge in [0.15, 0.2) is 5.96 Å². The first-order valence-corrected chi connectivity index (χ1v) is 10.5. The third-order valence-electron chi connectivity index (χ3n) is 5.67. The number of nitrogens with zero attached hydrogens (tertiary/aromatic N) is 3. The summed E-state index contributed by atoms with van der Waals surface area (Å²) in [6, 6.07) is 18.6. The van der Waals surface area contributed by atoms with Gasteiger partial charge in [-0.2, -0.15) is 0 Å². The lowest BCUT2D eigenvalue weighted by Gasteiger charge is -2.22. The molecule has 5 nitrogen and oxygen atoms in total. The zero-order valence-electron chi connectivity index (χ0n) is 18.2. The highest BCUT2D eigenvalue weighted by Gasteiger charge is 2.25. The van der Waals surface area contributed by atoms with Crippen molar-refractivity contribution in [1.29, 1.82) is 0 Å². The molecule has 1 saturated heterocycles. The molecule has 3 rings (SSSR count). The van der Waals surface area contributed by atoms with Crippen LogP contribution in [0, 0.1) is 0 Å². The summed E-state index contributed by atoms with van der Waals surface area (Å²) in [7, 11) is 1.84. The molecule has 0 saturated carbocycles. The normalized spacial score (nSPS) is 16.2. The van der Waals surface area contributed by atoms with Crippen LogP contribution >= 0.6 is 24.0 Å². The van der Waals surface area contributed by atoms with E-state index >= 15 is 0 Å². The van der Waals surface area contributed by atoms with E-state index in [4.69, 9.17) is 0 Å². The molecule has 1 aliphatic heterocycles. The Bertz CT molecular complexity index is 819. The van der Waals surface area contributed by atoms with Gasteiger partial charge in [0.25, 0.3) is 5.91 Å². The minimum absolute atomic E-state index is 0. The third kappa shape index (κ3) is 5.97. The molecule has 1 fully saturated rings. The average molecular weight is 520 g/mol. The Balaban J connectivity index is 0.00000320. The number of guanidine groups is 1. The van der Waals surface area contributed by atoms with E-state index in [2.05, 4.69) is 45.5 Å². The molecular weight excluding hydrogens is 487 g/mol. The Morgan fingerprint density at radius 2 is 1.77 bits per heavy atom. The summed E-state index contributed by atoms with van der Waals surface area (Å²) in [5, 5.41) is 3.47. The van der Waals surface area contributed by atoms with Crippen LogP contribution in [0.1, 0.15) is 47.7 Å². The van der Waals surface area contributed by atoms with E-state index in [0.29, 0.717) is 12.5 Å². The molecule has 0 bridgehead atoms. The van der Waals surface area contributed by atoms with Gasteiger partial charge >= 0.3 is 0 Å². The van der Waals surface area contributed by atoms with E-state index in [0.717, 1.165) is 49.7 Å². The molecule has 0 aromatic heterocycles. The van der Waals surface area contributed by atoms with Crippen molar-refractivity contribution in [3.8, 4) is 0 Å². The lowest BCUT2D eigenvalue weighted by molar-refractivity contribution is 0.0773. The van der Waals surface area contributed by atoms with Gasteiger partial charge in [-0.3, -0.25) is 9.79 Å². The van der Waals surface area contributed by atoms with Crippen LogP contribution in [0.3, 0.4) is 0 Å². The van der Waals surface area contributed by atoms with Gasteiger partial charge in [-0.1, -0.05) is 42.5 Å². The van der Waals surface area contributed by atoms with Crippen LogP contribution in [0.15, 0.2) is 59.6 Å². The zero-order chi connectivity index (χ0) is 20.6. The smallest absolute Gasteiger partial charge is 0.253 e. The summed E-state index contributed by atoms with van der Waals surface area (Å²) in [4.78, 5) is 21.1. The minimum atomic E-state index is 0. The number of aliphatic imine (C=N–C) groups is 1. The quantitative estimate of drug-likeness (QED) is 0.350. The van der Waals surface area contributed by atoms with Crippen molar-refractivity contribution in [2.24, 2.45) is 4.99 Å². The maximum absolute atomic E-state index is 12.4. The van der Waals surface area contributed by atoms with Gasteiger partial charge in [-0.25, -0.2) is 0 Å². The van der Waals surface area contributed by atoms with Crippen LogP contribution in [-0.4, -0.2) is 54.9 Å². The second-order valence-electron chi connectivity index (χ2n) is 7.42. The van der Waals surface area contributed by atoms with Crippen molar-refractivity contribution in [3.63, 3.8) is 0 Å². The van der Waals surface area contributed by atoms with Gasteiger partial charge in [-0.05, 0) is 43.5 Å². The van der Waals surface area contributed by atoms with Gasteiger partial charge in [0.1, 0.15) is 0 Å². The third-order valence-corrected chi connectivity index (χ3v) is 5.67. The van der Waals surface area contributed by atoms with E-state index in [1.807, 2.05) is 50.1 Å². The molecule has 2 aromatic carbocycles. The molecule has 162 valence electrons. The van der Waals surface area contributed by atoms with Crippen LogP contribution in [0.5, 0.6) is 0 Å². The summed E-state index contributed by atoms with van der Waals surface area (Å²) in [6.45, 7) is 8.16. The Hall–Kier alpha value is -2.09. The van der Waals surface area contributed by atoms with E-state index in [1.54, 1.807) is 0 Å². The van der Waals surface area contributed by atoms with E-state index in [9.17, 15) is 4.79 Å². The number of carbonyl (C=O) groups is 1. The van der Waals surface area contributed by atoms with Crippen LogP contribution in [0.4, 0.5) is 0 Å². The Kier molecular flexibility index (Phi) is 9.62. The molecule has 6 heteroatoms. The predicted octanol–water partition coefficient (Wildman–Crippen LogP) is 4.35. The number of nitrogens with one attached hydrogen (secondary N) is 1. The lowest BCUT2D eigenvalue weighted by atomic mass is 9.99. The van der Waals surface area contributed by atoms with Crippen LogP contribution in [0.25, 0.3) is 0 Å². The first kappa shape index (κ1) is 24.2. The lowest BCUT2D eigenvalue weighted by Crippen LogP contribution is -2.39. The average Bonchev–Trinajstić information content (AvgIpc) is 3.26. The summed E-state index contributed by atoms with van der Waals surface area (Å²) in [5.41, 5.74) is 3.28. The number of benzene rings is 2. The highest BCUT2D eigenvalue weighted by Crippen LogP contribution is 2.26. The van der Waals surface area contributed by atoms with Crippen LogP contribution in [0.2, 0.25) is 0 Å². The molecule has 1 N–H and O–H groups in total. The molecule has 2 aromatic rings. The standard InChI is InChI=1S/C24H32N4O.HI/c1-4-27(5-2)23(29)21-13-11-19(12-14-21)17-26-24(25-3)28-16-15-22(18-28)20-9-7-6-8-10-20;/h6-14,22H,4-5,15-18H2,1-3H3,(H,25,26);1H. The predicted molar refractivity (Wildman–Crippen MR) is 135 cm³/mol. The molecule has 1 unspecified atom stereocenters.